The van der Waals surface area contributed by atoms with E-state index in [1.165, 1.54) is 0 Å². The molecule has 0 aliphatic rings. The average molecular weight is 480 g/mol. The van der Waals surface area contributed by atoms with Gasteiger partial charge in [0, 0.05) is 10.0 Å². The topological polar surface area (TPSA) is 69.4 Å². The summed E-state index contributed by atoms with van der Waals surface area (Å²) in [4.78, 5) is 17.2. The highest BCUT2D eigenvalue weighted by Crippen LogP contribution is 2.32. The number of ether oxygens (including phenoxy) is 1. The molecule has 0 N–H and O–H groups in total. The molecule has 6 nitrogen and oxygen atoms in total. The molecule has 30 heavy (non-hydrogen) atoms. The van der Waals surface area contributed by atoms with Crippen LogP contribution in [0.15, 0.2) is 77.3 Å². The minimum atomic E-state index is -0.615. The van der Waals surface area contributed by atoms with E-state index in [0.717, 1.165) is 15.6 Å². The third-order valence-corrected chi connectivity index (χ3v) is 5.62. The van der Waals surface area contributed by atoms with Crippen LogP contribution in [-0.4, -0.2) is 25.6 Å². The van der Waals surface area contributed by atoms with Crippen molar-refractivity contribution in [2.24, 2.45) is 0 Å². The first kappa shape index (κ1) is 18.7. The van der Waals surface area contributed by atoms with Gasteiger partial charge in [0.1, 0.15) is 0 Å². The molecule has 0 aliphatic heterocycles. The van der Waals surface area contributed by atoms with E-state index in [1.807, 2.05) is 52.9 Å². The van der Waals surface area contributed by atoms with Gasteiger partial charge in [0.25, 0.3) is 5.88 Å². The molecule has 0 saturated heterocycles. The van der Waals surface area contributed by atoms with Crippen LogP contribution in [0.1, 0.15) is 10.4 Å². The number of benzene rings is 3. The molecular weight excluding hydrogens is 468 g/mol. The number of carbonyl (C=O) groups excluding carboxylic acids is 1. The van der Waals surface area contributed by atoms with E-state index in [1.54, 1.807) is 24.3 Å². The Morgan fingerprint density at radius 1 is 0.933 bits per heavy atom. The van der Waals surface area contributed by atoms with E-state index in [-0.39, 0.29) is 11.4 Å². The summed E-state index contributed by atoms with van der Waals surface area (Å²) in [6.07, 6.45) is 0. The van der Waals surface area contributed by atoms with Gasteiger partial charge in [0.15, 0.2) is 5.82 Å². The van der Waals surface area contributed by atoms with Crippen LogP contribution in [0.5, 0.6) is 5.88 Å². The van der Waals surface area contributed by atoms with Crippen molar-refractivity contribution in [1.29, 1.82) is 0 Å². The molecule has 0 aliphatic carbocycles. The van der Waals surface area contributed by atoms with Gasteiger partial charge in [0.05, 0.1) is 21.6 Å². The van der Waals surface area contributed by atoms with Crippen LogP contribution in [-0.2, 0) is 0 Å². The number of rotatable bonds is 3. The second-order valence-electron chi connectivity index (χ2n) is 6.44. The highest BCUT2D eigenvalue weighted by atomic mass is 79.9. The predicted molar refractivity (Wildman–Crippen MR) is 118 cm³/mol. The SMILES string of the molecule is O=C(Oc1nc2ccccc2n2c(-c3ccccc3Br)nnc12)c1ccccc1Cl. The normalized spacial score (nSPS) is 11.1. The minimum Gasteiger partial charge on any atom is -0.400 e. The molecule has 3 aromatic carbocycles. The number of esters is 1. The number of fused-ring (bicyclic) bond motifs is 3. The molecule has 8 heteroatoms. The molecule has 0 spiro atoms. The summed E-state index contributed by atoms with van der Waals surface area (Å²) in [5.74, 6) is 0.0475. The molecule has 0 bridgehead atoms. The number of carbonyl (C=O) groups is 1. The van der Waals surface area contributed by atoms with Crippen molar-refractivity contribution in [1.82, 2.24) is 19.6 Å². The van der Waals surface area contributed by atoms with Gasteiger partial charge in [-0.2, -0.15) is 0 Å². The highest BCUT2D eigenvalue weighted by molar-refractivity contribution is 9.10. The van der Waals surface area contributed by atoms with Crippen LogP contribution in [0.3, 0.4) is 0 Å². The number of hydrogen-bond acceptors (Lipinski definition) is 5. The molecule has 0 radical (unpaired) electrons. The Balaban J connectivity index is 1.73. The van der Waals surface area contributed by atoms with E-state index >= 15 is 0 Å². The van der Waals surface area contributed by atoms with Gasteiger partial charge in [-0.1, -0.05) is 70.0 Å². The van der Waals surface area contributed by atoms with Crippen LogP contribution < -0.4 is 4.74 Å². The Morgan fingerprint density at radius 3 is 2.50 bits per heavy atom. The molecule has 5 rings (SSSR count). The molecule has 2 aromatic heterocycles. The lowest BCUT2D eigenvalue weighted by Crippen LogP contribution is -2.11. The first-order valence-electron chi connectivity index (χ1n) is 8.99. The Kier molecular flexibility index (Phi) is 4.69. The summed E-state index contributed by atoms with van der Waals surface area (Å²) in [7, 11) is 0. The lowest BCUT2D eigenvalue weighted by molar-refractivity contribution is 0.0730. The lowest BCUT2D eigenvalue weighted by Gasteiger charge is -2.10. The fourth-order valence-electron chi connectivity index (χ4n) is 3.21. The highest BCUT2D eigenvalue weighted by Gasteiger charge is 2.21. The fraction of sp³-hybridized carbons (Fsp3) is 0. The first-order chi connectivity index (χ1) is 14.6. The predicted octanol–water partition coefficient (Wildman–Crippen LogP) is 5.58. The fourth-order valence-corrected chi connectivity index (χ4v) is 3.89. The van der Waals surface area contributed by atoms with Gasteiger partial charge in [-0.3, -0.25) is 4.40 Å². The van der Waals surface area contributed by atoms with Gasteiger partial charge in [-0.25, -0.2) is 9.78 Å². The van der Waals surface area contributed by atoms with Gasteiger partial charge >= 0.3 is 5.97 Å². The Hall–Kier alpha value is -3.29. The molecule has 0 saturated carbocycles. The van der Waals surface area contributed by atoms with Crippen molar-refractivity contribution in [3.8, 4) is 17.3 Å². The summed E-state index contributed by atoms with van der Waals surface area (Å²) >= 11 is 9.71. The van der Waals surface area contributed by atoms with Crippen LogP contribution in [0.2, 0.25) is 5.02 Å². The van der Waals surface area contributed by atoms with E-state index in [2.05, 4.69) is 31.1 Å². The van der Waals surface area contributed by atoms with E-state index in [0.29, 0.717) is 22.0 Å². The zero-order valence-corrected chi connectivity index (χ0v) is 17.6. The summed E-state index contributed by atoms with van der Waals surface area (Å²) in [5, 5.41) is 8.94. The Morgan fingerprint density at radius 2 is 1.67 bits per heavy atom. The molecule has 5 aromatic rings. The van der Waals surface area contributed by atoms with Gasteiger partial charge in [0.2, 0.25) is 5.65 Å². The zero-order chi connectivity index (χ0) is 20.7. The molecule has 0 fully saturated rings. The van der Waals surface area contributed by atoms with E-state index < -0.39 is 5.97 Å². The maximum atomic E-state index is 12.7. The van der Waals surface area contributed by atoms with Crippen molar-refractivity contribution >= 4 is 50.2 Å². The van der Waals surface area contributed by atoms with Crippen molar-refractivity contribution in [2.45, 2.75) is 0 Å². The zero-order valence-electron chi connectivity index (χ0n) is 15.3. The van der Waals surface area contributed by atoms with Gasteiger partial charge < -0.3 is 4.74 Å². The monoisotopic (exact) mass is 478 g/mol. The second kappa shape index (κ2) is 7.51. The number of hydrogen-bond donors (Lipinski definition) is 0. The summed E-state index contributed by atoms with van der Waals surface area (Å²) < 4.78 is 8.31. The smallest absolute Gasteiger partial charge is 0.346 e. The van der Waals surface area contributed by atoms with Crippen LogP contribution in [0.4, 0.5) is 0 Å². The van der Waals surface area contributed by atoms with Crippen molar-refractivity contribution in [3.05, 3.63) is 87.9 Å². The molecule has 146 valence electrons. The van der Waals surface area contributed by atoms with E-state index in [9.17, 15) is 4.79 Å². The number of halogens is 2. The van der Waals surface area contributed by atoms with Crippen LogP contribution >= 0.6 is 27.5 Å². The average Bonchev–Trinajstić information content (AvgIpc) is 3.20. The molecule has 0 unspecified atom stereocenters. The summed E-state index contributed by atoms with van der Waals surface area (Å²) in [5.41, 5.74) is 2.86. The molecule has 0 amide bonds. The maximum Gasteiger partial charge on any atom is 0.346 e. The van der Waals surface area contributed by atoms with Gasteiger partial charge in [-0.15, -0.1) is 10.2 Å². The minimum absolute atomic E-state index is 0.0597. The molecule has 2 heterocycles. The summed E-state index contributed by atoms with van der Waals surface area (Å²) in [6, 6.07) is 21.9. The second-order valence-corrected chi connectivity index (χ2v) is 7.70. The number of nitrogens with zero attached hydrogens (tertiary/aromatic N) is 4. The van der Waals surface area contributed by atoms with Crippen LogP contribution in [0, 0.1) is 0 Å². The van der Waals surface area contributed by atoms with Crippen molar-refractivity contribution in [3.63, 3.8) is 0 Å². The Labute approximate surface area is 184 Å². The first-order valence-corrected chi connectivity index (χ1v) is 10.2. The lowest BCUT2D eigenvalue weighted by atomic mass is 10.2. The third kappa shape index (κ3) is 3.12. The Bertz CT molecular complexity index is 1430. The molecule has 0 atom stereocenters. The van der Waals surface area contributed by atoms with Crippen molar-refractivity contribution < 1.29 is 9.53 Å². The molecular formula is C22H12BrClN4O2. The number of aromatic nitrogens is 4. The van der Waals surface area contributed by atoms with Gasteiger partial charge in [-0.05, 0) is 30.3 Å². The third-order valence-electron chi connectivity index (χ3n) is 4.60. The van der Waals surface area contributed by atoms with Crippen molar-refractivity contribution in [2.75, 3.05) is 0 Å². The quantitative estimate of drug-likeness (QED) is 0.316. The summed E-state index contributed by atoms with van der Waals surface area (Å²) in [6.45, 7) is 0. The van der Waals surface area contributed by atoms with Crippen LogP contribution in [0.25, 0.3) is 28.1 Å². The number of para-hydroxylation sites is 2. The largest absolute Gasteiger partial charge is 0.400 e. The maximum absolute atomic E-state index is 12.7. The van der Waals surface area contributed by atoms with E-state index in [4.69, 9.17) is 16.3 Å². The standard InChI is InChI=1S/C22H12BrClN4O2/c23-15-9-3-1-7-13(15)19-26-27-20-21(25-17-11-5-6-12-18(17)28(19)20)30-22(29)14-8-2-4-10-16(14)24/h1-12H.